The van der Waals surface area contributed by atoms with E-state index in [9.17, 15) is 5.11 Å². The zero-order valence-corrected chi connectivity index (χ0v) is 15.6. The van der Waals surface area contributed by atoms with E-state index in [0.717, 1.165) is 16.3 Å². The minimum absolute atomic E-state index is 0.300. The van der Waals surface area contributed by atoms with Crippen molar-refractivity contribution in [1.82, 2.24) is 0 Å². The molecule has 0 radical (unpaired) electrons. The Labute approximate surface area is 139 Å². The molecule has 0 aromatic heterocycles. The fourth-order valence-electron chi connectivity index (χ4n) is 1.42. The lowest BCUT2D eigenvalue weighted by atomic mass is 10.0. The van der Waals surface area contributed by atoms with Gasteiger partial charge in [-0.15, -0.1) is 0 Å². The van der Waals surface area contributed by atoms with Crippen LogP contribution in [0.3, 0.4) is 0 Å². The van der Waals surface area contributed by atoms with E-state index in [1.54, 1.807) is 11.8 Å². The van der Waals surface area contributed by atoms with Crippen molar-refractivity contribution < 1.29 is 5.11 Å². The molecule has 1 heterocycles. The number of rotatable bonds is 1. The number of aliphatic imine (C=N–C) groups is 1. The fraction of sp³-hybridized carbons (Fsp3) is 0.588. The molecule has 1 aliphatic rings. The Balaban J connectivity index is 0.000000422. The minimum atomic E-state index is -0.300. The van der Waals surface area contributed by atoms with Crippen LogP contribution in [0.1, 0.15) is 39.7 Å². The van der Waals surface area contributed by atoms with Gasteiger partial charge in [-0.05, 0) is 35.6 Å². The summed E-state index contributed by atoms with van der Waals surface area (Å²) in [5.41, 5.74) is 2.53. The highest BCUT2D eigenvalue weighted by Crippen LogP contribution is 2.16. The van der Waals surface area contributed by atoms with Gasteiger partial charge >= 0.3 is 0 Å². The van der Waals surface area contributed by atoms with Gasteiger partial charge in [-0.2, -0.15) is 11.8 Å². The summed E-state index contributed by atoms with van der Waals surface area (Å²) in [5.74, 6) is 0. The van der Waals surface area contributed by atoms with E-state index in [1.165, 1.54) is 0 Å². The van der Waals surface area contributed by atoms with Gasteiger partial charge in [0.2, 0.25) is 0 Å². The Morgan fingerprint density at radius 3 is 1.90 bits per heavy atom. The summed E-state index contributed by atoms with van der Waals surface area (Å²) in [6.07, 6.45) is 4.44. The van der Waals surface area contributed by atoms with Crippen LogP contribution in [-0.2, 0) is 0 Å². The molecule has 0 saturated carbocycles. The number of thioether (sulfide) groups is 1. The second kappa shape index (κ2) is 10.3. The summed E-state index contributed by atoms with van der Waals surface area (Å²) in [4.78, 5) is 4.24. The molecule has 0 aliphatic carbocycles. The summed E-state index contributed by atoms with van der Waals surface area (Å²) in [5, 5.41) is 10.00. The van der Waals surface area contributed by atoms with Crippen LogP contribution in [0.2, 0.25) is 5.02 Å². The third kappa shape index (κ3) is 11.8. The monoisotopic (exact) mass is 329 g/mol. The SMILES string of the molecule is CC(C)(C)C.CSC.OC1CN=C(c2ccc(Cl)cc2)C1. The van der Waals surface area contributed by atoms with Gasteiger partial charge in [0, 0.05) is 17.2 Å². The average molecular weight is 330 g/mol. The lowest BCUT2D eigenvalue weighted by Gasteiger charge is -2.05. The fourth-order valence-corrected chi connectivity index (χ4v) is 1.55. The molecule has 0 saturated heterocycles. The van der Waals surface area contributed by atoms with Gasteiger partial charge in [0.1, 0.15) is 0 Å². The van der Waals surface area contributed by atoms with Gasteiger partial charge in [0.25, 0.3) is 0 Å². The highest BCUT2D eigenvalue weighted by Gasteiger charge is 2.16. The average Bonchev–Trinajstić information content (AvgIpc) is 2.76. The summed E-state index contributed by atoms with van der Waals surface area (Å²) in [6, 6.07) is 7.53. The summed E-state index contributed by atoms with van der Waals surface area (Å²) >= 11 is 7.51. The Bertz CT molecular complexity index is 417. The first-order valence-electron chi connectivity index (χ1n) is 7.04. The number of nitrogens with zero attached hydrogens (tertiary/aromatic N) is 1. The number of aliphatic hydroxyl groups excluding tert-OH is 1. The largest absolute Gasteiger partial charge is 0.391 e. The lowest BCUT2D eigenvalue weighted by Crippen LogP contribution is -2.07. The molecule has 4 heteroatoms. The van der Waals surface area contributed by atoms with E-state index in [0.29, 0.717) is 18.4 Å². The third-order valence-corrected chi connectivity index (χ3v) is 2.35. The predicted octanol–water partition coefficient (Wildman–Crippen LogP) is 4.93. The van der Waals surface area contributed by atoms with Crippen LogP contribution in [0.25, 0.3) is 0 Å². The van der Waals surface area contributed by atoms with E-state index in [1.807, 2.05) is 36.8 Å². The maximum absolute atomic E-state index is 9.27. The molecule has 1 aromatic rings. The maximum Gasteiger partial charge on any atom is 0.0790 e. The lowest BCUT2D eigenvalue weighted by molar-refractivity contribution is 0.200. The van der Waals surface area contributed by atoms with Crippen LogP contribution < -0.4 is 0 Å². The van der Waals surface area contributed by atoms with Crippen LogP contribution in [0.5, 0.6) is 0 Å². The van der Waals surface area contributed by atoms with E-state index < -0.39 is 0 Å². The number of hydrogen-bond acceptors (Lipinski definition) is 3. The highest BCUT2D eigenvalue weighted by atomic mass is 35.5. The maximum atomic E-state index is 9.27. The molecule has 1 aliphatic heterocycles. The van der Waals surface area contributed by atoms with E-state index >= 15 is 0 Å². The Hall–Kier alpha value is -0.510. The normalized spacial score (nSPS) is 17.1. The minimum Gasteiger partial charge on any atom is -0.391 e. The van der Waals surface area contributed by atoms with Gasteiger partial charge in [-0.25, -0.2) is 0 Å². The van der Waals surface area contributed by atoms with Crippen LogP contribution in [-0.4, -0.2) is 36.0 Å². The standard InChI is InChI=1S/C10H10ClNO.C5H12.C2H6S/c11-8-3-1-7(2-4-8)10-5-9(13)6-12-10;1-5(2,3)4;1-3-2/h1-4,9,13H,5-6H2;1-4H3;1-2H3. The van der Waals surface area contributed by atoms with Crippen LogP contribution in [0.4, 0.5) is 0 Å². The number of halogens is 1. The molecule has 2 nitrogen and oxygen atoms in total. The number of aliphatic hydroxyl groups is 1. The first-order chi connectivity index (χ1) is 9.67. The van der Waals surface area contributed by atoms with Gasteiger partial charge in [-0.1, -0.05) is 51.4 Å². The summed E-state index contributed by atoms with van der Waals surface area (Å²) < 4.78 is 0. The molecule has 21 heavy (non-hydrogen) atoms. The van der Waals surface area contributed by atoms with Crippen molar-refractivity contribution in [2.45, 2.75) is 40.2 Å². The second-order valence-corrected chi connectivity index (χ2v) is 7.81. The van der Waals surface area contributed by atoms with Crippen LogP contribution in [0, 0.1) is 5.41 Å². The van der Waals surface area contributed by atoms with Crippen molar-refractivity contribution in [2.75, 3.05) is 19.1 Å². The predicted molar refractivity (Wildman–Crippen MR) is 98.0 cm³/mol. The van der Waals surface area contributed by atoms with Crippen molar-refractivity contribution in [3.8, 4) is 0 Å². The zero-order valence-electron chi connectivity index (χ0n) is 14.0. The van der Waals surface area contributed by atoms with Crippen molar-refractivity contribution in [3.05, 3.63) is 34.9 Å². The molecule has 0 bridgehead atoms. The van der Waals surface area contributed by atoms with Crippen molar-refractivity contribution in [2.24, 2.45) is 10.4 Å². The summed E-state index contributed by atoms with van der Waals surface area (Å²) in [7, 11) is 0. The summed E-state index contributed by atoms with van der Waals surface area (Å²) in [6.45, 7) is 9.28. The molecule has 0 amide bonds. The first-order valence-corrected chi connectivity index (χ1v) is 9.06. The molecule has 2 rings (SSSR count). The first kappa shape index (κ1) is 20.5. The Kier molecular flexibility index (Phi) is 10.0. The van der Waals surface area contributed by atoms with E-state index in [4.69, 9.17) is 11.6 Å². The molecule has 0 fully saturated rings. The highest BCUT2D eigenvalue weighted by molar-refractivity contribution is 7.97. The topological polar surface area (TPSA) is 32.6 Å². The Morgan fingerprint density at radius 2 is 1.57 bits per heavy atom. The third-order valence-electron chi connectivity index (χ3n) is 2.10. The molecule has 1 unspecified atom stereocenters. The quantitative estimate of drug-likeness (QED) is 0.792. The van der Waals surface area contributed by atoms with E-state index in [2.05, 4.69) is 32.7 Å². The molecule has 120 valence electrons. The molecule has 0 spiro atoms. The van der Waals surface area contributed by atoms with Gasteiger partial charge in [0.05, 0.1) is 12.6 Å². The Morgan fingerprint density at radius 1 is 1.14 bits per heavy atom. The molecule has 1 N–H and O–H groups in total. The van der Waals surface area contributed by atoms with Gasteiger partial charge < -0.3 is 5.11 Å². The molecule has 1 aromatic carbocycles. The van der Waals surface area contributed by atoms with Gasteiger partial charge in [0.15, 0.2) is 0 Å². The van der Waals surface area contributed by atoms with E-state index in [-0.39, 0.29) is 6.10 Å². The molecule has 1 atom stereocenters. The van der Waals surface area contributed by atoms with Crippen LogP contribution in [0.15, 0.2) is 29.3 Å². The smallest absolute Gasteiger partial charge is 0.0790 e. The van der Waals surface area contributed by atoms with Crippen molar-refractivity contribution in [3.63, 3.8) is 0 Å². The van der Waals surface area contributed by atoms with Gasteiger partial charge in [-0.3, -0.25) is 4.99 Å². The molecular weight excluding hydrogens is 302 g/mol. The number of benzene rings is 1. The zero-order chi connectivity index (χ0) is 16.5. The van der Waals surface area contributed by atoms with Crippen LogP contribution >= 0.6 is 23.4 Å². The number of hydrogen-bond donors (Lipinski definition) is 1. The van der Waals surface area contributed by atoms with Crippen molar-refractivity contribution in [1.29, 1.82) is 0 Å². The molecular formula is C17H28ClNOS. The van der Waals surface area contributed by atoms with Crippen molar-refractivity contribution >= 4 is 29.1 Å². The second-order valence-electron chi connectivity index (χ2n) is 6.56.